The summed E-state index contributed by atoms with van der Waals surface area (Å²) >= 11 is 6.05. The molecule has 144 valence electrons. The third-order valence-corrected chi connectivity index (χ3v) is 4.76. The van der Waals surface area contributed by atoms with Crippen LogP contribution >= 0.6 is 11.6 Å². The van der Waals surface area contributed by atoms with Gasteiger partial charge >= 0.3 is 0 Å². The Morgan fingerprint density at radius 2 is 2.07 bits per heavy atom. The average molecular weight is 391 g/mol. The number of carbonyl (C=O) groups is 1. The number of hydrogen-bond acceptors (Lipinski definition) is 6. The van der Waals surface area contributed by atoms with Gasteiger partial charge in [0.25, 0.3) is 0 Å². The highest BCUT2D eigenvalue weighted by Crippen LogP contribution is 2.29. The molecular weight excluding hydrogens is 368 g/mol. The van der Waals surface area contributed by atoms with Crippen molar-refractivity contribution in [1.29, 1.82) is 0 Å². The number of piperidine rings is 1. The van der Waals surface area contributed by atoms with Crippen molar-refractivity contribution in [2.45, 2.75) is 19.8 Å². The maximum Gasteiger partial charge on any atom is 0.229 e. The summed E-state index contributed by atoms with van der Waals surface area (Å²) in [6.07, 6.45) is 1.68. The summed E-state index contributed by atoms with van der Waals surface area (Å²) < 4.78 is 10.5. The van der Waals surface area contributed by atoms with Crippen molar-refractivity contribution in [3.05, 3.63) is 35.0 Å². The smallest absolute Gasteiger partial charge is 0.229 e. The lowest BCUT2D eigenvalue weighted by atomic mass is 9.97. The molecule has 1 aliphatic heterocycles. The number of nitrogens with one attached hydrogen (secondary N) is 1. The molecular formula is C19H23ClN4O3. The second-order valence-electron chi connectivity index (χ2n) is 6.47. The first-order chi connectivity index (χ1) is 13.0. The standard InChI is InChI=1S/C19H23ClN4O3/c1-12-9-17(27-3)23-19(21-12)24-8-4-5-13(11-24)18(25)22-15-10-14(20)6-7-16(15)26-2/h6-7,9-10,13H,4-5,8,11H2,1-3H3,(H,22,25)/t13-/m0/s1. The Morgan fingerprint density at radius 3 is 2.81 bits per heavy atom. The number of hydrogen-bond donors (Lipinski definition) is 1. The van der Waals surface area contributed by atoms with Crippen molar-refractivity contribution in [1.82, 2.24) is 9.97 Å². The second kappa shape index (κ2) is 8.43. The predicted octanol–water partition coefficient (Wildman–Crippen LogP) is 3.31. The van der Waals surface area contributed by atoms with Crippen molar-refractivity contribution >= 4 is 29.1 Å². The molecule has 0 spiro atoms. The quantitative estimate of drug-likeness (QED) is 0.844. The second-order valence-corrected chi connectivity index (χ2v) is 6.91. The van der Waals surface area contributed by atoms with E-state index < -0.39 is 0 Å². The molecule has 8 heteroatoms. The number of aryl methyl sites for hydroxylation is 1. The van der Waals surface area contributed by atoms with Crippen LogP contribution < -0.4 is 19.7 Å². The summed E-state index contributed by atoms with van der Waals surface area (Å²) in [4.78, 5) is 23.7. The topological polar surface area (TPSA) is 76.6 Å². The monoisotopic (exact) mass is 390 g/mol. The van der Waals surface area contributed by atoms with Crippen LogP contribution in [0, 0.1) is 12.8 Å². The molecule has 2 aromatic rings. The van der Waals surface area contributed by atoms with Crippen molar-refractivity contribution in [2.75, 3.05) is 37.5 Å². The minimum Gasteiger partial charge on any atom is -0.495 e. The van der Waals surface area contributed by atoms with Gasteiger partial charge in [-0.1, -0.05) is 11.6 Å². The lowest BCUT2D eigenvalue weighted by Crippen LogP contribution is -2.41. The number of benzene rings is 1. The molecule has 0 radical (unpaired) electrons. The Morgan fingerprint density at radius 1 is 1.26 bits per heavy atom. The van der Waals surface area contributed by atoms with Crippen LogP contribution in [0.15, 0.2) is 24.3 Å². The van der Waals surface area contributed by atoms with Gasteiger partial charge in [0.1, 0.15) is 5.75 Å². The SMILES string of the molecule is COc1cc(C)nc(N2CCC[C@H](C(=O)Nc3cc(Cl)ccc3OC)C2)n1. The normalized spacial score (nSPS) is 16.7. The highest BCUT2D eigenvalue weighted by molar-refractivity contribution is 6.31. The van der Waals surface area contributed by atoms with Gasteiger partial charge in [-0.05, 0) is 38.0 Å². The van der Waals surface area contributed by atoms with Crippen molar-refractivity contribution in [3.63, 3.8) is 0 Å². The van der Waals surface area contributed by atoms with E-state index in [2.05, 4.69) is 15.3 Å². The highest BCUT2D eigenvalue weighted by atomic mass is 35.5. The van der Waals surface area contributed by atoms with Crippen molar-refractivity contribution < 1.29 is 14.3 Å². The van der Waals surface area contributed by atoms with E-state index in [1.165, 1.54) is 0 Å². The third kappa shape index (κ3) is 4.60. The Bertz CT molecular complexity index is 831. The van der Waals surface area contributed by atoms with Gasteiger partial charge in [0.05, 0.1) is 25.8 Å². The molecule has 0 unspecified atom stereocenters. The van der Waals surface area contributed by atoms with Gasteiger partial charge in [-0.3, -0.25) is 4.79 Å². The van der Waals surface area contributed by atoms with E-state index in [4.69, 9.17) is 21.1 Å². The van der Waals surface area contributed by atoms with Crippen LogP contribution in [0.2, 0.25) is 5.02 Å². The van der Waals surface area contributed by atoms with E-state index in [9.17, 15) is 4.79 Å². The maximum absolute atomic E-state index is 12.8. The molecule has 1 saturated heterocycles. The van der Waals surface area contributed by atoms with Crippen LogP contribution in [0.1, 0.15) is 18.5 Å². The van der Waals surface area contributed by atoms with E-state index in [0.717, 1.165) is 25.1 Å². The van der Waals surface area contributed by atoms with Gasteiger partial charge in [0.15, 0.2) is 0 Å². The first kappa shape index (κ1) is 19.2. The molecule has 0 saturated carbocycles. The molecule has 1 amide bonds. The number of halogens is 1. The molecule has 1 aromatic heterocycles. The number of rotatable bonds is 5. The zero-order valence-corrected chi connectivity index (χ0v) is 16.4. The average Bonchev–Trinajstić information content (AvgIpc) is 2.67. The molecule has 1 atom stereocenters. The number of methoxy groups -OCH3 is 2. The minimum absolute atomic E-state index is 0.0696. The van der Waals surface area contributed by atoms with Crippen LogP contribution in [-0.4, -0.2) is 43.2 Å². The number of ether oxygens (including phenoxy) is 2. The van der Waals surface area contributed by atoms with Gasteiger partial charge in [0.2, 0.25) is 17.7 Å². The number of carbonyl (C=O) groups excluding carboxylic acids is 1. The van der Waals surface area contributed by atoms with Crippen LogP contribution in [-0.2, 0) is 4.79 Å². The first-order valence-electron chi connectivity index (χ1n) is 8.79. The Labute approximate surface area is 163 Å². The Hall–Kier alpha value is -2.54. The molecule has 3 rings (SSSR count). The number of aromatic nitrogens is 2. The van der Waals surface area contributed by atoms with Gasteiger partial charge in [0, 0.05) is 29.9 Å². The minimum atomic E-state index is -0.183. The fourth-order valence-electron chi connectivity index (χ4n) is 3.16. The number of anilines is 2. The largest absolute Gasteiger partial charge is 0.495 e. The van der Waals surface area contributed by atoms with E-state index in [-0.39, 0.29) is 11.8 Å². The summed E-state index contributed by atoms with van der Waals surface area (Å²) in [7, 11) is 3.14. The summed E-state index contributed by atoms with van der Waals surface area (Å²) in [6.45, 7) is 3.24. The van der Waals surface area contributed by atoms with E-state index in [0.29, 0.717) is 34.8 Å². The highest BCUT2D eigenvalue weighted by Gasteiger charge is 2.28. The molecule has 0 aliphatic carbocycles. The Balaban J connectivity index is 1.73. The van der Waals surface area contributed by atoms with Crippen LogP contribution in [0.4, 0.5) is 11.6 Å². The van der Waals surface area contributed by atoms with Gasteiger partial charge in [-0.25, -0.2) is 4.98 Å². The van der Waals surface area contributed by atoms with E-state index in [1.807, 2.05) is 11.8 Å². The molecule has 1 fully saturated rings. The predicted molar refractivity (Wildman–Crippen MR) is 105 cm³/mol. The fourth-order valence-corrected chi connectivity index (χ4v) is 3.33. The van der Waals surface area contributed by atoms with Crippen molar-refractivity contribution in [3.8, 4) is 11.6 Å². The van der Waals surface area contributed by atoms with Crippen LogP contribution in [0.3, 0.4) is 0 Å². The molecule has 1 aromatic carbocycles. The summed E-state index contributed by atoms with van der Waals surface area (Å²) in [6, 6.07) is 6.93. The third-order valence-electron chi connectivity index (χ3n) is 4.52. The van der Waals surface area contributed by atoms with Gasteiger partial charge in [-0.15, -0.1) is 0 Å². The number of nitrogens with zero attached hydrogens (tertiary/aromatic N) is 3. The number of amides is 1. The summed E-state index contributed by atoms with van der Waals surface area (Å²) in [5.41, 5.74) is 1.40. The van der Waals surface area contributed by atoms with Crippen LogP contribution in [0.25, 0.3) is 0 Å². The summed E-state index contributed by atoms with van der Waals surface area (Å²) in [5.74, 6) is 1.43. The molecule has 1 N–H and O–H groups in total. The zero-order chi connectivity index (χ0) is 19.4. The zero-order valence-electron chi connectivity index (χ0n) is 15.7. The lowest BCUT2D eigenvalue weighted by Gasteiger charge is -2.32. The molecule has 27 heavy (non-hydrogen) atoms. The Kier molecular flexibility index (Phi) is 6.01. The molecule has 7 nitrogen and oxygen atoms in total. The maximum atomic E-state index is 12.8. The van der Waals surface area contributed by atoms with Gasteiger partial charge in [-0.2, -0.15) is 4.98 Å². The van der Waals surface area contributed by atoms with E-state index in [1.54, 1.807) is 38.5 Å². The van der Waals surface area contributed by atoms with Crippen LogP contribution in [0.5, 0.6) is 11.6 Å². The first-order valence-corrected chi connectivity index (χ1v) is 9.17. The summed E-state index contributed by atoms with van der Waals surface area (Å²) in [5, 5.41) is 3.48. The molecule has 0 bridgehead atoms. The van der Waals surface area contributed by atoms with E-state index >= 15 is 0 Å². The van der Waals surface area contributed by atoms with Gasteiger partial charge < -0.3 is 19.7 Å². The molecule has 1 aliphatic rings. The van der Waals surface area contributed by atoms with Crippen molar-refractivity contribution in [2.24, 2.45) is 5.92 Å². The fraction of sp³-hybridized carbons (Fsp3) is 0.421. The molecule has 2 heterocycles. The lowest BCUT2D eigenvalue weighted by molar-refractivity contribution is -0.120.